The Labute approximate surface area is 143 Å². The first kappa shape index (κ1) is 16.3. The number of nitrogens with one attached hydrogen (secondary N) is 2. The third-order valence-corrected chi connectivity index (χ3v) is 4.53. The van der Waals surface area contributed by atoms with Gasteiger partial charge in [0.25, 0.3) is 5.91 Å². The van der Waals surface area contributed by atoms with Gasteiger partial charge in [-0.05, 0) is 18.6 Å². The van der Waals surface area contributed by atoms with E-state index in [1.165, 1.54) is 0 Å². The predicted octanol–water partition coefficient (Wildman–Crippen LogP) is 3.58. The van der Waals surface area contributed by atoms with Gasteiger partial charge in [-0.1, -0.05) is 30.3 Å². The fourth-order valence-corrected chi connectivity index (χ4v) is 3.43. The first-order chi connectivity index (χ1) is 11.7. The summed E-state index contributed by atoms with van der Waals surface area (Å²) in [7, 11) is 0. The molecule has 0 aliphatic rings. The van der Waals surface area contributed by atoms with Crippen molar-refractivity contribution in [3.05, 3.63) is 47.5 Å². The number of H-pyrrole nitrogens is 1. The molecule has 24 heavy (non-hydrogen) atoms. The third-order valence-electron chi connectivity index (χ3n) is 3.60. The molecule has 1 amide bonds. The Hall–Kier alpha value is -2.60. The second kappa shape index (κ2) is 7.31. The molecule has 0 radical (unpaired) electrons. The number of ether oxygens (including phenoxy) is 1. The Morgan fingerprint density at radius 2 is 2.04 bits per heavy atom. The Balaban J connectivity index is 1.71. The van der Waals surface area contributed by atoms with Crippen LogP contribution in [0.15, 0.2) is 41.8 Å². The summed E-state index contributed by atoms with van der Waals surface area (Å²) >= 11 is 1.60. The largest absolute Gasteiger partial charge is 0.466 e. The summed E-state index contributed by atoms with van der Waals surface area (Å²) < 4.78 is 5.87. The maximum Gasteiger partial charge on any atom is 0.307 e. The summed E-state index contributed by atoms with van der Waals surface area (Å²) in [6, 6.07) is 11.9. The summed E-state index contributed by atoms with van der Waals surface area (Å²) in [4.78, 5) is 26.7. The van der Waals surface area contributed by atoms with E-state index < -0.39 is 0 Å². The number of hydrogen-bond acceptors (Lipinski definition) is 4. The van der Waals surface area contributed by atoms with Crippen molar-refractivity contribution in [2.45, 2.75) is 13.3 Å². The van der Waals surface area contributed by atoms with E-state index in [4.69, 9.17) is 4.74 Å². The highest BCUT2D eigenvalue weighted by atomic mass is 32.1. The number of carbonyl (C=O) groups excluding carboxylic acids is 2. The lowest BCUT2D eigenvalue weighted by Gasteiger charge is -2.03. The van der Waals surface area contributed by atoms with Gasteiger partial charge in [-0.25, -0.2) is 0 Å². The number of thiophene rings is 1. The summed E-state index contributed by atoms with van der Waals surface area (Å²) in [5, 5.41) is 4.81. The molecule has 0 unspecified atom stereocenters. The van der Waals surface area contributed by atoms with Crippen molar-refractivity contribution < 1.29 is 14.3 Å². The Morgan fingerprint density at radius 1 is 1.25 bits per heavy atom. The average Bonchev–Trinajstić information content (AvgIpc) is 3.16. The average molecular weight is 342 g/mol. The van der Waals surface area contributed by atoms with Crippen molar-refractivity contribution in [1.82, 2.24) is 10.3 Å². The van der Waals surface area contributed by atoms with Crippen molar-refractivity contribution >= 4 is 33.4 Å². The Bertz CT molecular complexity index is 852. The third kappa shape index (κ3) is 3.49. The molecule has 0 saturated carbocycles. The first-order valence-corrected chi connectivity index (χ1v) is 8.66. The van der Waals surface area contributed by atoms with Gasteiger partial charge in [0.15, 0.2) is 0 Å². The summed E-state index contributed by atoms with van der Waals surface area (Å²) in [6.07, 6.45) is 0.171. The SMILES string of the molecule is CCOC(=O)CCNC(=O)c1cc2scc(-c3ccccc3)c2[nH]1. The lowest BCUT2D eigenvalue weighted by atomic mass is 10.1. The lowest BCUT2D eigenvalue weighted by molar-refractivity contribution is -0.142. The highest BCUT2D eigenvalue weighted by Crippen LogP contribution is 2.33. The van der Waals surface area contributed by atoms with Gasteiger partial charge in [0.2, 0.25) is 0 Å². The van der Waals surface area contributed by atoms with Crippen LogP contribution in [0.1, 0.15) is 23.8 Å². The zero-order valence-electron chi connectivity index (χ0n) is 13.3. The van der Waals surface area contributed by atoms with Crippen LogP contribution >= 0.6 is 11.3 Å². The van der Waals surface area contributed by atoms with Crippen LogP contribution in [0.4, 0.5) is 0 Å². The highest BCUT2D eigenvalue weighted by molar-refractivity contribution is 7.17. The molecule has 124 valence electrons. The monoisotopic (exact) mass is 342 g/mol. The van der Waals surface area contributed by atoms with Crippen LogP contribution in [-0.2, 0) is 9.53 Å². The number of aromatic nitrogens is 1. The van der Waals surface area contributed by atoms with Gasteiger partial charge < -0.3 is 15.0 Å². The molecule has 3 aromatic rings. The summed E-state index contributed by atoms with van der Waals surface area (Å²) in [6.45, 7) is 2.37. The molecule has 0 bridgehead atoms. The molecule has 2 N–H and O–H groups in total. The van der Waals surface area contributed by atoms with E-state index in [-0.39, 0.29) is 24.8 Å². The topological polar surface area (TPSA) is 71.2 Å². The molecule has 0 aliphatic carbocycles. The fraction of sp³-hybridized carbons (Fsp3) is 0.222. The Kier molecular flexibility index (Phi) is 4.96. The normalized spacial score (nSPS) is 10.7. The van der Waals surface area contributed by atoms with Crippen molar-refractivity contribution in [3.63, 3.8) is 0 Å². The van der Waals surface area contributed by atoms with E-state index in [1.54, 1.807) is 18.3 Å². The van der Waals surface area contributed by atoms with Crippen molar-refractivity contribution in [1.29, 1.82) is 0 Å². The van der Waals surface area contributed by atoms with Crippen molar-refractivity contribution in [2.75, 3.05) is 13.2 Å². The van der Waals surface area contributed by atoms with E-state index in [0.717, 1.165) is 21.3 Å². The minimum absolute atomic E-state index is 0.171. The molecule has 1 aromatic carbocycles. The van der Waals surface area contributed by atoms with Crippen LogP contribution in [-0.4, -0.2) is 30.0 Å². The number of aromatic amines is 1. The molecule has 0 aliphatic heterocycles. The maximum atomic E-state index is 12.2. The number of benzene rings is 1. The van der Waals surface area contributed by atoms with E-state index in [2.05, 4.69) is 15.7 Å². The van der Waals surface area contributed by atoms with E-state index in [9.17, 15) is 9.59 Å². The molecular weight excluding hydrogens is 324 g/mol. The molecule has 0 atom stereocenters. The molecule has 3 rings (SSSR count). The standard InChI is InChI=1S/C18H18N2O3S/c1-2-23-16(21)8-9-19-18(22)14-10-15-17(20-14)13(11-24-15)12-6-4-3-5-7-12/h3-7,10-11,20H,2,8-9H2,1H3,(H,19,22). The zero-order valence-corrected chi connectivity index (χ0v) is 14.1. The van der Waals surface area contributed by atoms with E-state index in [1.807, 2.05) is 36.4 Å². The lowest BCUT2D eigenvalue weighted by Crippen LogP contribution is -2.26. The second-order valence-corrected chi connectivity index (χ2v) is 6.16. The predicted molar refractivity (Wildman–Crippen MR) is 95.2 cm³/mol. The van der Waals surface area contributed by atoms with Crippen molar-refractivity contribution in [3.8, 4) is 11.1 Å². The quantitative estimate of drug-likeness (QED) is 0.673. The number of esters is 1. The van der Waals surface area contributed by atoms with Crippen molar-refractivity contribution in [2.24, 2.45) is 0 Å². The van der Waals surface area contributed by atoms with Crippen LogP contribution in [0, 0.1) is 0 Å². The van der Waals surface area contributed by atoms with Gasteiger partial charge in [-0.2, -0.15) is 0 Å². The van der Waals surface area contributed by atoms with Crippen LogP contribution < -0.4 is 5.32 Å². The van der Waals surface area contributed by atoms with Gasteiger partial charge in [0.1, 0.15) is 5.69 Å². The molecule has 2 heterocycles. The number of amides is 1. The summed E-state index contributed by atoms with van der Waals surface area (Å²) in [5.41, 5.74) is 3.65. The smallest absolute Gasteiger partial charge is 0.307 e. The molecule has 0 saturated heterocycles. The number of fused-ring (bicyclic) bond motifs is 1. The molecule has 0 spiro atoms. The Morgan fingerprint density at radius 3 is 2.79 bits per heavy atom. The van der Waals surface area contributed by atoms with Gasteiger partial charge in [0.05, 0.1) is 23.2 Å². The van der Waals surface area contributed by atoms with Crippen LogP contribution in [0.25, 0.3) is 21.3 Å². The van der Waals surface area contributed by atoms with Gasteiger partial charge in [-0.3, -0.25) is 9.59 Å². The maximum absolute atomic E-state index is 12.2. The van der Waals surface area contributed by atoms with Crippen LogP contribution in [0.2, 0.25) is 0 Å². The molecule has 6 heteroatoms. The van der Waals surface area contributed by atoms with Gasteiger partial charge >= 0.3 is 5.97 Å². The van der Waals surface area contributed by atoms with Crippen LogP contribution in [0.5, 0.6) is 0 Å². The fourth-order valence-electron chi connectivity index (χ4n) is 2.47. The summed E-state index contributed by atoms with van der Waals surface area (Å²) in [5.74, 6) is -0.529. The van der Waals surface area contributed by atoms with Crippen LogP contribution in [0.3, 0.4) is 0 Å². The molecule has 5 nitrogen and oxygen atoms in total. The van der Waals surface area contributed by atoms with Gasteiger partial charge in [-0.15, -0.1) is 11.3 Å². The first-order valence-electron chi connectivity index (χ1n) is 7.78. The number of hydrogen-bond donors (Lipinski definition) is 2. The highest BCUT2D eigenvalue weighted by Gasteiger charge is 2.14. The minimum atomic E-state index is -0.309. The van der Waals surface area contributed by atoms with E-state index in [0.29, 0.717) is 12.3 Å². The molecule has 0 fully saturated rings. The number of carbonyl (C=O) groups is 2. The number of rotatable bonds is 6. The van der Waals surface area contributed by atoms with E-state index >= 15 is 0 Å². The molecule has 2 aromatic heterocycles. The second-order valence-electron chi connectivity index (χ2n) is 5.25. The molecular formula is C18H18N2O3S. The minimum Gasteiger partial charge on any atom is -0.466 e. The van der Waals surface area contributed by atoms with Gasteiger partial charge in [0, 0.05) is 17.5 Å². The zero-order chi connectivity index (χ0) is 16.9.